The molecule has 170 valence electrons. The van der Waals surface area contributed by atoms with Gasteiger partial charge in [0.15, 0.2) is 11.0 Å². The second-order valence-electron chi connectivity index (χ2n) is 8.13. The second-order valence-corrected chi connectivity index (χ2v) is 9.07. The number of fused-ring (bicyclic) bond motifs is 2. The summed E-state index contributed by atoms with van der Waals surface area (Å²) in [4.78, 5) is 9.63. The van der Waals surface area contributed by atoms with Crippen LogP contribution in [-0.4, -0.2) is 29.1 Å². The molecule has 0 saturated carbocycles. The molecule has 0 radical (unpaired) electrons. The Labute approximate surface area is 207 Å². The number of pyridine rings is 2. The average molecular weight is 475 g/mol. The van der Waals surface area contributed by atoms with E-state index in [-0.39, 0.29) is 0 Å². The summed E-state index contributed by atoms with van der Waals surface area (Å²) in [5.74, 6) is 1.50. The van der Waals surface area contributed by atoms with Crippen LogP contribution in [0.15, 0.2) is 109 Å². The third-order valence-electron chi connectivity index (χ3n) is 5.82. The van der Waals surface area contributed by atoms with Gasteiger partial charge in [-0.2, -0.15) is 0 Å². The molecule has 6 nitrogen and oxygen atoms in total. The minimum absolute atomic E-state index is 0.604. The molecule has 6 aromatic rings. The molecule has 0 atom stereocenters. The third kappa shape index (κ3) is 4.11. The first-order valence-electron chi connectivity index (χ1n) is 11.4. The molecule has 0 amide bonds. The van der Waals surface area contributed by atoms with Crippen LogP contribution in [0.1, 0.15) is 5.69 Å². The van der Waals surface area contributed by atoms with E-state index < -0.39 is 0 Å². The summed E-state index contributed by atoms with van der Waals surface area (Å²) >= 11 is 1.63. The maximum Gasteiger partial charge on any atom is 0.192 e. The molecule has 2 aromatic carbocycles. The lowest BCUT2D eigenvalue weighted by Gasteiger charge is -2.12. The van der Waals surface area contributed by atoms with E-state index in [9.17, 15) is 0 Å². The van der Waals surface area contributed by atoms with Crippen molar-refractivity contribution in [2.45, 2.75) is 17.5 Å². The average Bonchev–Trinajstić information content (AvgIpc) is 3.51. The molecular formula is C28H22N6S. The minimum atomic E-state index is 0.604. The van der Waals surface area contributed by atoms with Crippen LogP contribution in [0.4, 0.5) is 0 Å². The molecule has 0 N–H and O–H groups in total. The highest BCUT2D eigenvalue weighted by molar-refractivity contribution is 7.98. The number of rotatable bonds is 7. The van der Waals surface area contributed by atoms with Crippen LogP contribution in [0.5, 0.6) is 0 Å². The van der Waals surface area contributed by atoms with Gasteiger partial charge in [0, 0.05) is 41.2 Å². The van der Waals surface area contributed by atoms with Gasteiger partial charge in [0.05, 0.1) is 16.9 Å². The van der Waals surface area contributed by atoms with E-state index in [1.807, 2.05) is 71.3 Å². The summed E-state index contributed by atoms with van der Waals surface area (Å²) in [6.07, 6.45) is 5.94. The molecular weight excluding hydrogens is 452 g/mol. The van der Waals surface area contributed by atoms with E-state index in [0.717, 1.165) is 50.0 Å². The van der Waals surface area contributed by atoms with Crippen molar-refractivity contribution in [2.75, 3.05) is 0 Å². The number of hydrogen-bond donors (Lipinski definition) is 0. The summed E-state index contributed by atoms with van der Waals surface area (Å²) in [6, 6.07) is 26.5. The van der Waals surface area contributed by atoms with Crippen molar-refractivity contribution >= 4 is 28.3 Å². The van der Waals surface area contributed by atoms with Crippen molar-refractivity contribution < 1.29 is 0 Å². The zero-order valence-corrected chi connectivity index (χ0v) is 19.8. The maximum atomic E-state index is 4.92. The topological polar surface area (TPSA) is 60.9 Å². The fraction of sp³-hybridized carbons (Fsp3) is 0.0714. The molecule has 0 saturated heterocycles. The van der Waals surface area contributed by atoms with Crippen LogP contribution in [0.2, 0.25) is 0 Å². The van der Waals surface area contributed by atoms with Crippen LogP contribution < -0.4 is 0 Å². The Morgan fingerprint density at radius 3 is 2.57 bits per heavy atom. The Bertz CT molecular complexity index is 1620. The molecule has 0 bridgehead atoms. The molecule has 4 heterocycles. The van der Waals surface area contributed by atoms with Gasteiger partial charge in [-0.05, 0) is 24.3 Å². The fourth-order valence-corrected chi connectivity index (χ4v) is 5.03. The number of thioether (sulfide) groups is 1. The smallest absolute Gasteiger partial charge is 0.192 e. The number of hydrogen-bond acceptors (Lipinski definition) is 5. The molecule has 35 heavy (non-hydrogen) atoms. The number of nitrogens with zero attached hydrogens (tertiary/aromatic N) is 6. The quantitative estimate of drug-likeness (QED) is 0.201. The first-order valence-corrected chi connectivity index (χ1v) is 12.3. The van der Waals surface area contributed by atoms with Gasteiger partial charge in [0.25, 0.3) is 0 Å². The van der Waals surface area contributed by atoms with E-state index in [1.165, 1.54) is 0 Å². The van der Waals surface area contributed by atoms with Gasteiger partial charge in [-0.15, -0.1) is 16.8 Å². The van der Waals surface area contributed by atoms with Crippen molar-refractivity contribution in [1.29, 1.82) is 0 Å². The monoisotopic (exact) mass is 474 g/mol. The van der Waals surface area contributed by atoms with E-state index in [2.05, 4.69) is 51.8 Å². The highest BCUT2D eigenvalue weighted by Crippen LogP contribution is 2.33. The fourth-order valence-electron chi connectivity index (χ4n) is 4.20. The molecule has 6 rings (SSSR count). The van der Waals surface area contributed by atoms with E-state index in [0.29, 0.717) is 12.3 Å². The first kappa shape index (κ1) is 21.3. The summed E-state index contributed by atoms with van der Waals surface area (Å²) in [6.45, 7) is 4.58. The Balaban J connectivity index is 1.41. The SMILES string of the molecule is C=CCn1c(SCc2cn3ccccc3n2)nnc1-c1cc(-c2ccccc2)nc2ccccc12. The number of allylic oxidation sites excluding steroid dienone is 1. The van der Waals surface area contributed by atoms with Gasteiger partial charge >= 0.3 is 0 Å². The van der Waals surface area contributed by atoms with Gasteiger partial charge in [-0.1, -0.05) is 72.4 Å². The van der Waals surface area contributed by atoms with Gasteiger partial charge in [-0.25, -0.2) is 9.97 Å². The summed E-state index contributed by atoms with van der Waals surface area (Å²) in [5.41, 5.74) is 5.84. The van der Waals surface area contributed by atoms with Crippen molar-refractivity contribution in [2.24, 2.45) is 0 Å². The molecule has 0 aliphatic heterocycles. The van der Waals surface area contributed by atoms with Crippen LogP contribution in [0, 0.1) is 0 Å². The molecule has 4 aromatic heterocycles. The number of aromatic nitrogens is 6. The van der Waals surface area contributed by atoms with Gasteiger partial charge in [-0.3, -0.25) is 4.57 Å². The maximum absolute atomic E-state index is 4.92. The van der Waals surface area contributed by atoms with Gasteiger partial charge < -0.3 is 4.40 Å². The standard InChI is InChI=1S/C28H22N6S/c1-2-15-34-27(31-32-28(34)35-19-21-18-33-16-9-8-14-26(33)29-21)23-17-25(20-10-4-3-5-11-20)30-24-13-7-6-12-22(23)24/h2-14,16-18H,1,15,19H2. The molecule has 0 unspecified atom stereocenters. The van der Waals surface area contributed by atoms with Crippen molar-refractivity contribution in [3.8, 4) is 22.6 Å². The number of imidazole rings is 1. The largest absolute Gasteiger partial charge is 0.307 e. The third-order valence-corrected chi connectivity index (χ3v) is 6.82. The van der Waals surface area contributed by atoms with Crippen LogP contribution >= 0.6 is 11.8 Å². The Morgan fingerprint density at radius 2 is 1.71 bits per heavy atom. The van der Waals surface area contributed by atoms with Crippen molar-refractivity contribution in [3.05, 3.63) is 110 Å². The van der Waals surface area contributed by atoms with E-state index in [4.69, 9.17) is 9.97 Å². The lowest BCUT2D eigenvalue weighted by molar-refractivity contribution is 0.731. The Kier molecular flexibility index (Phi) is 5.60. The van der Waals surface area contributed by atoms with E-state index in [1.54, 1.807) is 11.8 Å². The lowest BCUT2D eigenvalue weighted by atomic mass is 10.0. The lowest BCUT2D eigenvalue weighted by Crippen LogP contribution is -2.02. The second kappa shape index (κ2) is 9.19. The van der Waals surface area contributed by atoms with Crippen LogP contribution in [0.3, 0.4) is 0 Å². The zero-order valence-electron chi connectivity index (χ0n) is 19.0. The summed E-state index contributed by atoms with van der Waals surface area (Å²) < 4.78 is 4.15. The molecule has 0 aliphatic rings. The Hall–Kier alpha value is -4.23. The first-order chi connectivity index (χ1) is 17.3. The van der Waals surface area contributed by atoms with Gasteiger partial charge in [0.1, 0.15) is 5.65 Å². The summed E-state index contributed by atoms with van der Waals surface area (Å²) in [5, 5.41) is 11.1. The normalized spacial score (nSPS) is 11.3. The number of para-hydroxylation sites is 1. The van der Waals surface area contributed by atoms with Gasteiger partial charge in [0.2, 0.25) is 0 Å². The minimum Gasteiger partial charge on any atom is -0.307 e. The van der Waals surface area contributed by atoms with Crippen molar-refractivity contribution in [1.82, 2.24) is 29.1 Å². The molecule has 0 fully saturated rings. The van der Waals surface area contributed by atoms with Crippen LogP contribution in [0.25, 0.3) is 39.2 Å². The molecule has 7 heteroatoms. The summed E-state index contributed by atoms with van der Waals surface area (Å²) in [7, 11) is 0. The van der Waals surface area contributed by atoms with Crippen molar-refractivity contribution in [3.63, 3.8) is 0 Å². The Morgan fingerprint density at radius 1 is 0.886 bits per heavy atom. The zero-order chi connectivity index (χ0) is 23.6. The highest BCUT2D eigenvalue weighted by atomic mass is 32.2. The highest BCUT2D eigenvalue weighted by Gasteiger charge is 2.18. The van der Waals surface area contributed by atoms with Crippen LogP contribution in [-0.2, 0) is 12.3 Å². The number of benzene rings is 2. The van der Waals surface area contributed by atoms with E-state index >= 15 is 0 Å². The molecule has 0 aliphatic carbocycles. The predicted octanol–water partition coefficient (Wildman–Crippen LogP) is 6.29. The predicted molar refractivity (Wildman–Crippen MR) is 141 cm³/mol. The molecule has 0 spiro atoms.